The van der Waals surface area contributed by atoms with E-state index in [1.54, 1.807) is 36.7 Å². The monoisotopic (exact) mass is 300 g/mol. The molecule has 3 rings (SSSR count). The van der Waals surface area contributed by atoms with Crippen LogP contribution in [0.3, 0.4) is 0 Å². The van der Waals surface area contributed by atoms with Gasteiger partial charge in [0.25, 0.3) is 0 Å². The Balaban J connectivity index is 1.96. The van der Waals surface area contributed by atoms with Crippen molar-refractivity contribution in [1.29, 1.82) is 0 Å². The van der Waals surface area contributed by atoms with Crippen molar-refractivity contribution in [3.8, 4) is 22.5 Å². The first-order valence-electron chi connectivity index (χ1n) is 6.58. The van der Waals surface area contributed by atoms with E-state index < -0.39 is 17.5 Å². The number of halogens is 3. The van der Waals surface area contributed by atoms with Crippen LogP contribution in [0, 0.1) is 24.4 Å². The summed E-state index contributed by atoms with van der Waals surface area (Å²) in [6.07, 6.45) is 3.42. The molecule has 0 saturated heterocycles. The largest absolute Gasteiger partial charge is 0.236 e. The Morgan fingerprint density at radius 1 is 0.727 bits per heavy atom. The van der Waals surface area contributed by atoms with Gasteiger partial charge in [0.2, 0.25) is 0 Å². The van der Waals surface area contributed by atoms with Crippen LogP contribution in [-0.4, -0.2) is 9.97 Å². The first-order valence-corrected chi connectivity index (χ1v) is 6.58. The van der Waals surface area contributed by atoms with E-state index in [4.69, 9.17) is 0 Å². The first kappa shape index (κ1) is 14.3. The van der Waals surface area contributed by atoms with Crippen LogP contribution in [0.4, 0.5) is 13.2 Å². The van der Waals surface area contributed by atoms with Crippen LogP contribution in [0.2, 0.25) is 0 Å². The molecule has 0 aliphatic heterocycles. The molecule has 0 N–H and O–H groups in total. The highest BCUT2D eigenvalue weighted by atomic mass is 19.2. The lowest BCUT2D eigenvalue weighted by Gasteiger charge is -2.05. The molecule has 1 aromatic heterocycles. The molecule has 0 aliphatic rings. The van der Waals surface area contributed by atoms with E-state index in [2.05, 4.69) is 9.97 Å². The predicted octanol–water partition coefficient (Wildman–Crippen LogP) is 4.54. The van der Waals surface area contributed by atoms with Crippen LogP contribution in [0.1, 0.15) is 5.56 Å². The molecule has 0 spiro atoms. The van der Waals surface area contributed by atoms with Crippen molar-refractivity contribution in [2.24, 2.45) is 0 Å². The quantitative estimate of drug-likeness (QED) is 0.649. The topological polar surface area (TPSA) is 25.8 Å². The van der Waals surface area contributed by atoms with Gasteiger partial charge in [-0.05, 0) is 35.7 Å². The molecule has 1 heterocycles. The maximum atomic E-state index is 13.3. The van der Waals surface area contributed by atoms with Crippen LogP contribution < -0.4 is 0 Å². The maximum absolute atomic E-state index is 13.3. The number of benzene rings is 2. The van der Waals surface area contributed by atoms with Gasteiger partial charge in [-0.15, -0.1) is 0 Å². The fraction of sp³-hybridized carbons (Fsp3) is 0.0588. The number of hydrogen-bond acceptors (Lipinski definition) is 2. The summed E-state index contributed by atoms with van der Waals surface area (Å²) in [5, 5.41) is 0. The maximum Gasteiger partial charge on any atom is 0.194 e. The molecule has 2 aromatic carbocycles. The first-order chi connectivity index (χ1) is 10.5. The lowest BCUT2D eigenvalue weighted by atomic mass is 10.0. The van der Waals surface area contributed by atoms with Gasteiger partial charge in [-0.25, -0.2) is 23.1 Å². The fourth-order valence-electron chi connectivity index (χ4n) is 2.08. The zero-order valence-electron chi connectivity index (χ0n) is 11.6. The summed E-state index contributed by atoms with van der Waals surface area (Å²) in [6.45, 7) is 1.89. The Labute approximate surface area is 125 Å². The molecule has 3 aromatic rings. The second-order valence-electron chi connectivity index (χ2n) is 4.92. The molecule has 0 aliphatic carbocycles. The summed E-state index contributed by atoms with van der Waals surface area (Å²) in [6, 6.07) is 8.80. The third-order valence-electron chi connectivity index (χ3n) is 3.24. The number of aryl methyl sites for hydroxylation is 1. The molecule has 0 fully saturated rings. The average molecular weight is 300 g/mol. The minimum Gasteiger partial charge on any atom is -0.236 e. The molecular formula is C17H11F3N2. The zero-order valence-corrected chi connectivity index (χ0v) is 11.6. The van der Waals surface area contributed by atoms with Gasteiger partial charge >= 0.3 is 0 Å². The van der Waals surface area contributed by atoms with Gasteiger partial charge in [-0.1, -0.05) is 24.3 Å². The van der Waals surface area contributed by atoms with E-state index in [9.17, 15) is 13.2 Å². The minimum atomic E-state index is -1.46. The lowest BCUT2D eigenvalue weighted by Crippen LogP contribution is -1.92. The third-order valence-corrected chi connectivity index (χ3v) is 3.24. The number of nitrogens with zero attached hydrogens (tertiary/aromatic N) is 2. The van der Waals surface area contributed by atoms with Gasteiger partial charge in [0, 0.05) is 18.0 Å². The average Bonchev–Trinajstić information content (AvgIpc) is 2.53. The van der Waals surface area contributed by atoms with Crippen molar-refractivity contribution in [2.45, 2.75) is 6.92 Å². The number of hydrogen-bond donors (Lipinski definition) is 0. The summed E-state index contributed by atoms with van der Waals surface area (Å²) in [7, 11) is 0. The smallest absolute Gasteiger partial charge is 0.194 e. The molecule has 2 nitrogen and oxygen atoms in total. The van der Waals surface area contributed by atoms with Gasteiger partial charge in [0.1, 0.15) is 0 Å². The molecule has 0 amide bonds. The van der Waals surface area contributed by atoms with Crippen molar-refractivity contribution < 1.29 is 13.2 Å². The van der Waals surface area contributed by atoms with E-state index in [-0.39, 0.29) is 5.56 Å². The van der Waals surface area contributed by atoms with Gasteiger partial charge in [-0.2, -0.15) is 0 Å². The number of aromatic nitrogens is 2. The SMILES string of the molecule is Cc1cnc(-c2ccc(-c3cc(F)c(F)c(F)c3)cc2)nc1. The zero-order chi connectivity index (χ0) is 15.7. The Morgan fingerprint density at radius 3 is 1.77 bits per heavy atom. The summed E-state index contributed by atoms with van der Waals surface area (Å²) < 4.78 is 39.5. The van der Waals surface area contributed by atoms with E-state index in [1.807, 2.05) is 6.92 Å². The molecule has 110 valence electrons. The molecule has 0 atom stereocenters. The molecule has 0 radical (unpaired) electrons. The van der Waals surface area contributed by atoms with Crippen molar-refractivity contribution >= 4 is 0 Å². The summed E-state index contributed by atoms with van der Waals surface area (Å²) in [4.78, 5) is 8.42. The summed E-state index contributed by atoms with van der Waals surface area (Å²) >= 11 is 0. The Bertz CT molecular complexity index is 789. The fourth-order valence-corrected chi connectivity index (χ4v) is 2.08. The van der Waals surface area contributed by atoms with Crippen LogP contribution >= 0.6 is 0 Å². The third kappa shape index (κ3) is 2.70. The van der Waals surface area contributed by atoms with Gasteiger partial charge in [0.15, 0.2) is 23.3 Å². The van der Waals surface area contributed by atoms with Gasteiger partial charge in [0.05, 0.1) is 0 Å². The second-order valence-corrected chi connectivity index (χ2v) is 4.92. The van der Waals surface area contributed by atoms with Crippen LogP contribution in [0.25, 0.3) is 22.5 Å². The van der Waals surface area contributed by atoms with E-state index >= 15 is 0 Å². The van der Waals surface area contributed by atoms with Crippen molar-refractivity contribution in [2.75, 3.05) is 0 Å². The van der Waals surface area contributed by atoms with Crippen LogP contribution in [0.15, 0.2) is 48.8 Å². The van der Waals surface area contributed by atoms with Crippen molar-refractivity contribution in [3.05, 3.63) is 71.8 Å². The highest BCUT2D eigenvalue weighted by Gasteiger charge is 2.11. The van der Waals surface area contributed by atoms with Crippen molar-refractivity contribution in [1.82, 2.24) is 9.97 Å². The van der Waals surface area contributed by atoms with Crippen LogP contribution in [0.5, 0.6) is 0 Å². The lowest BCUT2D eigenvalue weighted by molar-refractivity contribution is 0.448. The minimum absolute atomic E-state index is 0.271. The normalized spacial score (nSPS) is 10.7. The Kier molecular flexibility index (Phi) is 3.63. The summed E-state index contributed by atoms with van der Waals surface area (Å²) in [5.41, 5.74) is 2.59. The van der Waals surface area contributed by atoms with Crippen molar-refractivity contribution in [3.63, 3.8) is 0 Å². The molecule has 0 bridgehead atoms. The summed E-state index contributed by atoms with van der Waals surface area (Å²) in [5.74, 6) is -3.32. The highest BCUT2D eigenvalue weighted by molar-refractivity contribution is 5.67. The predicted molar refractivity (Wildman–Crippen MR) is 77.5 cm³/mol. The number of rotatable bonds is 2. The molecule has 0 unspecified atom stereocenters. The van der Waals surface area contributed by atoms with Gasteiger partial charge < -0.3 is 0 Å². The van der Waals surface area contributed by atoms with Gasteiger partial charge in [-0.3, -0.25) is 0 Å². The molecular weight excluding hydrogens is 289 g/mol. The highest BCUT2D eigenvalue weighted by Crippen LogP contribution is 2.25. The molecule has 5 heteroatoms. The second kappa shape index (κ2) is 5.60. The molecule has 0 saturated carbocycles. The van der Waals surface area contributed by atoms with E-state index in [0.717, 1.165) is 23.3 Å². The Morgan fingerprint density at radius 2 is 1.23 bits per heavy atom. The van der Waals surface area contributed by atoms with E-state index in [1.165, 1.54) is 0 Å². The van der Waals surface area contributed by atoms with E-state index in [0.29, 0.717) is 11.4 Å². The molecule has 22 heavy (non-hydrogen) atoms. The van der Waals surface area contributed by atoms with Crippen LogP contribution in [-0.2, 0) is 0 Å². The standard InChI is InChI=1S/C17H11F3N2/c1-10-8-21-17(22-9-10)12-4-2-11(3-5-12)13-6-14(18)16(20)15(19)7-13/h2-9H,1H3. The Hall–Kier alpha value is -2.69.